The van der Waals surface area contributed by atoms with E-state index in [1.165, 1.54) is 6.20 Å². The minimum Gasteiger partial charge on any atom is -0.353 e. The van der Waals surface area contributed by atoms with Crippen molar-refractivity contribution in [3.05, 3.63) is 18.3 Å². The highest BCUT2D eigenvalue weighted by Gasteiger charge is 2.24. The molecule has 1 aromatic rings. The third-order valence-corrected chi connectivity index (χ3v) is 6.10. The fourth-order valence-electron chi connectivity index (χ4n) is 2.87. The minimum absolute atomic E-state index is 0.00604. The first-order chi connectivity index (χ1) is 12.3. The molecule has 2 heterocycles. The molecule has 1 aliphatic heterocycles. The Balaban J connectivity index is 2.01. The molecular formula is C17H29N5O3S. The van der Waals surface area contributed by atoms with E-state index in [1.54, 1.807) is 36.0 Å². The van der Waals surface area contributed by atoms with E-state index in [4.69, 9.17) is 0 Å². The Morgan fingerprint density at radius 3 is 2.27 bits per heavy atom. The molecule has 0 aromatic carbocycles. The maximum atomic E-state index is 12.4. The lowest BCUT2D eigenvalue weighted by Gasteiger charge is -2.36. The fourth-order valence-corrected chi connectivity index (χ4v) is 4.22. The highest BCUT2D eigenvalue weighted by molar-refractivity contribution is 7.89. The van der Waals surface area contributed by atoms with Crippen LogP contribution in [0.5, 0.6) is 0 Å². The van der Waals surface area contributed by atoms with Crippen molar-refractivity contribution in [1.82, 2.24) is 19.5 Å². The molecule has 2 amide bonds. The number of carbonyl (C=O) groups excluding carboxylic acids is 1. The van der Waals surface area contributed by atoms with Crippen molar-refractivity contribution in [1.29, 1.82) is 0 Å². The van der Waals surface area contributed by atoms with E-state index in [-0.39, 0.29) is 17.0 Å². The van der Waals surface area contributed by atoms with Crippen molar-refractivity contribution >= 4 is 21.9 Å². The Morgan fingerprint density at radius 1 is 1.19 bits per heavy atom. The van der Waals surface area contributed by atoms with Gasteiger partial charge in [0.2, 0.25) is 10.0 Å². The predicted octanol–water partition coefficient (Wildman–Crippen LogP) is 1.35. The smallest absolute Gasteiger partial charge is 0.319 e. The molecule has 0 atom stereocenters. The van der Waals surface area contributed by atoms with E-state index in [0.717, 1.165) is 18.7 Å². The van der Waals surface area contributed by atoms with E-state index in [0.29, 0.717) is 26.2 Å². The number of rotatable bonds is 6. The van der Waals surface area contributed by atoms with Gasteiger partial charge in [-0.05, 0) is 25.0 Å². The van der Waals surface area contributed by atoms with Gasteiger partial charge in [0.05, 0.1) is 0 Å². The highest BCUT2D eigenvalue weighted by Crippen LogP contribution is 2.17. The number of pyridine rings is 1. The average molecular weight is 384 g/mol. The number of urea groups is 1. The molecule has 0 radical (unpaired) electrons. The van der Waals surface area contributed by atoms with Crippen LogP contribution in [0.2, 0.25) is 0 Å². The Kier molecular flexibility index (Phi) is 6.82. The number of nitrogens with zero attached hydrogens (tertiary/aromatic N) is 4. The van der Waals surface area contributed by atoms with Crippen LogP contribution in [-0.2, 0) is 10.0 Å². The lowest BCUT2D eigenvalue weighted by atomic mass is 10.2. The molecule has 146 valence electrons. The van der Waals surface area contributed by atoms with Gasteiger partial charge >= 0.3 is 6.03 Å². The van der Waals surface area contributed by atoms with E-state index in [2.05, 4.69) is 14.6 Å². The summed E-state index contributed by atoms with van der Waals surface area (Å²) in [5.41, 5.74) is 0. The lowest BCUT2D eigenvalue weighted by molar-refractivity contribution is 0.168. The predicted molar refractivity (Wildman–Crippen MR) is 102 cm³/mol. The zero-order chi connectivity index (χ0) is 19.3. The first kappa shape index (κ1) is 20.4. The number of nitrogens with one attached hydrogen (secondary N) is 1. The Morgan fingerprint density at radius 2 is 1.81 bits per heavy atom. The first-order valence-electron chi connectivity index (χ1n) is 8.98. The average Bonchev–Trinajstić information content (AvgIpc) is 2.65. The maximum absolute atomic E-state index is 12.4. The summed E-state index contributed by atoms with van der Waals surface area (Å²) in [6.07, 6.45) is 2.89. The normalized spacial score (nSPS) is 15.4. The Bertz CT molecular complexity index is 694. The second-order valence-electron chi connectivity index (χ2n) is 6.64. The molecule has 0 aliphatic carbocycles. The Hall–Kier alpha value is -1.87. The molecule has 0 saturated carbocycles. The van der Waals surface area contributed by atoms with Gasteiger partial charge in [0, 0.05) is 52.5 Å². The largest absolute Gasteiger partial charge is 0.353 e. The molecular weight excluding hydrogens is 354 g/mol. The molecule has 8 nitrogen and oxygen atoms in total. The van der Waals surface area contributed by atoms with Crippen molar-refractivity contribution in [2.45, 2.75) is 37.6 Å². The monoisotopic (exact) mass is 383 g/mol. The molecule has 1 fully saturated rings. The lowest BCUT2D eigenvalue weighted by Crippen LogP contribution is -2.51. The van der Waals surface area contributed by atoms with Crippen molar-refractivity contribution in [3.8, 4) is 0 Å². The van der Waals surface area contributed by atoms with Gasteiger partial charge in [0.25, 0.3) is 0 Å². The highest BCUT2D eigenvalue weighted by atomic mass is 32.2. The SMILES string of the molecule is CCC(CC)NS(=O)(=O)c1ccc(N2CCN(C(=O)N(C)C)CC2)nc1. The zero-order valence-electron chi connectivity index (χ0n) is 16.0. The summed E-state index contributed by atoms with van der Waals surface area (Å²) in [5, 5.41) is 0. The maximum Gasteiger partial charge on any atom is 0.319 e. The molecule has 1 aromatic heterocycles. The van der Waals surface area contributed by atoms with Gasteiger partial charge in [-0.1, -0.05) is 13.8 Å². The molecule has 0 bridgehead atoms. The summed E-state index contributed by atoms with van der Waals surface area (Å²) in [5.74, 6) is 0.725. The van der Waals surface area contributed by atoms with Gasteiger partial charge in [-0.25, -0.2) is 22.9 Å². The van der Waals surface area contributed by atoms with Crippen LogP contribution in [0.25, 0.3) is 0 Å². The van der Waals surface area contributed by atoms with Crippen LogP contribution in [0.4, 0.5) is 10.6 Å². The van der Waals surface area contributed by atoms with Crippen LogP contribution in [0.1, 0.15) is 26.7 Å². The second-order valence-corrected chi connectivity index (χ2v) is 8.35. The quantitative estimate of drug-likeness (QED) is 0.801. The van der Waals surface area contributed by atoms with E-state index >= 15 is 0 Å². The summed E-state index contributed by atoms with van der Waals surface area (Å²) in [4.78, 5) is 21.9. The molecule has 2 rings (SSSR count). The number of amides is 2. The third-order valence-electron chi connectivity index (χ3n) is 4.60. The molecule has 1 saturated heterocycles. The summed E-state index contributed by atoms with van der Waals surface area (Å²) in [6.45, 7) is 6.50. The van der Waals surface area contributed by atoms with Crippen LogP contribution in [-0.4, -0.2) is 75.5 Å². The molecule has 0 unspecified atom stereocenters. The number of carbonyl (C=O) groups is 1. The van der Waals surface area contributed by atoms with Crippen LogP contribution in [0.3, 0.4) is 0 Å². The van der Waals surface area contributed by atoms with E-state index in [9.17, 15) is 13.2 Å². The van der Waals surface area contributed by atoms with Gasteiger partial charge in [-0.2, -0.15) is 0 Å². The van der Waals surface area contributed by atoms with Gasteiger partial charge in [0.15, 0.2) is 0 Å². The fraction of sp³-hybridized carbons (Fsp3) is 0.647. The molecule has 0 spiro atoms. The van der Waals surface area contributed by atoms with Gasteiger partial charge in [-0.15, -0.1) is 0 Å². The van der Waals surface area contributed by atoms with Crippen LogP contribution >= 0.6 is 0 Å². The van der Waals surface area contributed by atoms with Crippen molar-refractivity contribution in [3.63, 3.8) is 0 Å². The zero-order valence-corrected chi connectivity index (χ0v) is 16.8. The van der Waals surface area contributed by atoms with E-state index < -0.39 is 10.0 Å². The van der Waals surface area contributed by atoms with Crippen LogP contribution in [0.15, 0.2) is 23.2 Å². The minimum atomic E-state index is -3.55. The summed E-state index contributed by atoms with van der Waals surface area (Å²) >= 11 is 0. The van der Waals surface area contributed by atoms with E-state index in [1.807, 2.05) is 13.8 Å². The Labute approximate surface area is 156 Å². The molecule has 9 heteroatoms. The topological polar surface area (TPSA) is 85.8 Å². The van der Waals surface area contributed by atoms with Gasteiger partial charge < -0.3 is 14.7 Å². The van der Waals surface area contributed by atoms with Crippen LogP contribution < -0.4 is 9.62 Å². The molecule has 1 aliphatic rings. The number of hydrogen-bond donors (Lipinski definition) is 1. The molecule has 1 N–H and O–H groups in total. The summed E-state index contributed by atoms with van der Waals surface area (Å²) in [7, 11) is -0.0678. The number of sulfonamides is 1. The number of hydrogen-bond acceptors (Lipinski definition) is 5. The summed E-state index contributed by atoms with van der Waals surface area (Å²) < 4.78 is 27.5. The third kappa shape index (κ3) is 4.85. The van der Waals surface area contributed by atoms with Gasteiger partial charge in [0.1, 0.15) is 10.7 Å². The van der Waals surface area contributed by atoms with Gasteiger partial charge in [-0.3, -0.25) is 0 Å². The van der Waals surface area contributed by atoms with Crippen molar-refractivity contribution < 1.29 is 13.2 Å². The van der Waals surface area contributed by atoms with Crippen molar-refractivity contribution in [2.24, 2.45) is 0 Å². The summed E-state index contributed by atoms with van der Waals surface area (Å²) in [6, 6.07) is 3.25. The standard InChI is InChI=1S/C17H29N5O3S/c1-5-14(6-2)19-26(24,25)15-7-8-16(18-13-15)21-9-11-22(12-10-21)17(23)20(3)4/h7-8,13-14,19H,5-6,9-12H2,1-4H3. The first-order valence-corrected chi connectivity index (χ1v) is 10.5. The second kappa shape index (κ2) is 8.68. The van der Waals surface area contributed by atoms with Crippen LogP contribution in [0, 0.1) is 0 Å². The number of aromatic nitrogens is 1. The number of piperazine rings is 1. The molecule has 26 heavy (non-hydrogen) atoms. The number of anilines is 1. The van der Waals surface area contributed by atoms with Crippen molar-refractivity contribution in [2.75, 3.05) is 45.2 Å².